The molecule has 1 unspecified atom stereocenters. The maximum atomic E-state index is 13.1. The van der Waals surface area contributed by atoms with Gasteiger partial charge in [-0.1, -0.05) is 30.3 Å². The molecule has 168 valence electrons. The maximum Gasteiger partial charge on any atom is 0.350 e. The molecule has 1 aromatic carbocycles. The summed E-state index contributed by atoms with van der Waals surface area (Å²) in [5, 5.41) is 1.75. The molecule has 32 heavy (non-hydrogen) atoms. The summed E-state index contributed by atoms with van der Waals surface area (Å²) in [6, 6.07) is 8.44. The summed E-state index contributed by atoms with van der Waals surface area (Å²) in [5.41, 5.74) is 2.05. The van der Waals surface area contributed by atoms with Crippen molar-refractivity contribution in [2.45, 2.75) is 33.2 Å². The van der Waals surface area contributed by atoms with E-state index in [-0.39, 0.29) is 11.4 Å². The van der Waals surface area contributed by atoms with Gasteiger partial charge in [-0.15, -0.1) is 11.3 Å². The lowest BCUT2D eigenvalue weighted by molar-refractivity contribution is -0.146. The molecule has 2 aromatic rings. The van der Waals surface area contributed by atoms with Gasteiger partial charge in [0.05, 0.1) is 12.8 Å². The van der Waals surface area contributed by atoms with E-state index >= 15 is 0 Å². The number of barbiturate groups is 1. The monoisotopic (exact) mass is 455 g/mol. The Morgan fingerprint density at radius 1 is 1.19 bits per heavy atom. The van der Waals surface area contributed by atoms with E-state index in [4.69, 9.17) is 4.74 Å². The van der Waals surface area contributed by atoms with E-state index in [1.54, 1.807) is 26.2 Å². The minimum absolute atomic E-state index is 0.146. The van der Waals surface area contributed by atoms with Crippen LogP contribution in [0.3, 0.4) is 0 Å². The van der Waals surface area contributed by atoms with Crippen molar-refractivity contribution in [3.8, 4) is 0 Å². The number of aryl methyl sites for hydroxylation is 1. The Labute approximate surface area is 190 Å². The van der Waals surface area contributed by atoms with Crippen molar-refractivity contribution < 1.29 is 23.9 Å². The van der Waals surface area contributed by atoms with Crippen LogP contribution in [0.1, 0.15) is 34.6 Å². The Kier molecular flexibility index (Phi) is 7.19. The van der Waals surface area contributed by atoms with Crippen LogP contribution in [0.25, 0.3) is 0 Å². The van der Waals surface area contributed by atoms with Crippen molar-refractivity contribution in [2.24, 2.45) is 10.9 Å². The standard InChI is InChI=1S/C23H25N3O5S/c1-14(2)26-21(28)17(12-24-18-15(3)13-32-19(18)22(29)31-4)20(27)25(23(26)30)11-10-16-8-6-5-7-9-16/h5-9,12-14,17H,10-11H2,1-4H3. The number of carbonyl (C=O) groups is 4. The Balaban J connectivity index is 1.90. The molecule has 0 saturated carbocycles. The number of hydrogen-bond acceptors (Lipinski definition) is 7. The van der Waals surface area contributed by atoms with Crippen LogP contribution in [0.15, 0.2) is 40.7 Å². The first-order chi connectivity index (χ1) is 15.3. The normalized spacial score (nSPS) is 17.0. The number of thiophene rings is 1. The van der Waals surface area contributed by atoms with Crippen molar-refractivity contribution in [3.63, 3.8) is 0 Å². The molecular formula is C23H25N3O5S. The van der Waals surface area contributed by atoms with Crippen LogP contribution in [-0.4, -0.2) is 59.5 Å². The van der Waals surface area contributed by atoms with E-state index in [1.165, 1.54) is 24.7 Å². The molecule has 1 aliphatic heterocycles. The zero-order valence-electron chi connectivity index (χ0n) is 18.4. The molecule has 1 atom stereocenters. The van der Waals surface area contributed by atoms with Gasteiger partial charge in [-0.05, 0) is 43.7 Å². The van der Waals surface area contributed by atoms with Crippen molar-refractivity contribution in [1.82, 2.24) is 9.80 Å². The van der Waals surface area contributed by atoms with Crippen LogP contribution in [0.2, 0.25) is 0 Å². The molecule has 1 aromatic heterocycles. The molecule has 0 N–H and O–H groups in total. The number of methoxy groups -OCH3 is 1. The highest BCUT2D eigenvalue weighted by Gasteiger charge is 2.45. The number of ether oxygens (including phenoxy) is 1. The van der Waals surface area contributed by atoms with E-state index in [0.29, 0.717) is 12.1 Å². The van der Waals surface area contributed by atoms with Crippen LogP contribution < -0.4 is 0 Å². The fourth-order valence-corrected chi connectivity index (χ4v) is 4.33. The molecule has 8 nitrogen and oxygen atoms in total. The largest absolute Gasteiger partial charge is 0.465 e. The van der Waals surface area contributed by atoms with Gasteiger partial charge in [0.1, 0.15) is 4.88 Å². The fraction of sp³-hybridized carbons (Fsp3) is 0.348. The predicted octanol–water partition coefficient (Wildman–Crippen LogP) is 3.60. The van der Waals surface area contributed by atoms with Crippen molar-refractivity contribution in [2.75, 3.05) is 13.7 Å². The molecule has 9 heteroatoms. The zero-order valence-corrected chi connectivity index (χ0v) is 19.2. The second-order valence-corrected chi connectivity index (χ2v) is 8.53. The van der Waals surface area contributed by atoms with Crippen LogP contribution in [-0.2, 0) is 20.7 Å². The number of rotatable bonds is 7. The van der Waals surface area contributed by atoms with Crippen molar-refractivity contribution >= 4 is 47.1 Å². The van der Waals surface area contributed by atoms with E-state index in [0.717, 1.165) is 20.9 Å². The van der Waals surface area contributed by atoms with Gasteiger partial charge in [-0.25, -0.2) is 9.59 Å². The first-order valence-electron chi connectivity index (χ1n) is 10.2. The second kappa shape index (κ2) is 9.86. The predicted molar refractivity (Wildman–Crippen MR) is 121 cm³/mol. The quantitative estimate of drug-likeness (QED) is 0.361. The number of amides is 4. The molecule has 1 fully saturated rings. The summed E-state index contributed by atoms with van der Waals surface area (Å²) in [6.45, 7) is 5.35. The summed E-state index contributed by atoms with van der Waals surface area (Å²) in [6.07, 6.45) is 1.70. The van der Waals surface area contributed by atoms with Gasteiger partial charge >= 0.3 is 12.0 Å². The molecule has 0 spiro atoms. The first kappa shape index (κ1) is 23.3. The first-order valence-corrected chi connectivity index (χ1v) is 11.1. The highest BCUT2D eigenvalue weighted by Crippen LogP contribution is 2.31. The zero-order chi connectivity index (χ0) is 23.4. The SMILES string of the molecule is COC(=O)c1scc(C)c1N=CC1C(=O)N(CCc2ccccc2)C(=O)N(C(C)C)C1=O. The Morgan fingerprint density at radius 2 is 1.88 bits per heavy atom. The number of carbonyl (C=O) groups excluding carboxylic acids is 4. The molecule has 2 heterocycles. The third kappa shape index (κ3) is 4.62. The summed E-state index contributed by atoms with van der Waals surface area (Å²) < 4.78 is 4.78. The van der Waals surface area contributed by atoms with E-state index in [1.807, 2.05) is 30.3 Å². The minimum atomic E-state index is -1.25. The lowest BCUT2D eigenvalue weighted by atomic mass is 10.0. The van der Waals surface area contributed by atoms with E-state index < -0.39 is 35.8 Å². The highest BCUT2D eigenvalue weighted by molar-refractivity contribution is 7.12. The molecule has 4 amide bonds. The second-order valence-electron chi connectivity index (χ2n) is 7.65. The molecule has 0 bridgehead atoms. The number of esters is 1. The summed E-state index contributed by atoms with van der Waals surface area (Å²) >= 11 is 1.18. The number of imide groups is 2. The third-order valence-corrected chi connectivity index (χ3v) is 6.19. The average molecular weight is 456 g/mol. The minimum Gasteiger partial charge on any atom is -0.465 e. The number of benzene rings is 1. The van der Waals surface area contributed by atoms with Gasteiger partial charge in [0, 0.05) is 18.8 Å². The molecule has 1 aliphatic rings. The van der Waals surface area contributed by atoms with Gasteiger partial charge < -0.3 is 4.74 Å². The molecule has 0 radical (unpaired) electrons. The lowest BCUT2D eigenvalue weighted by Gasteiger charge is -2.37. The number of nitrogens with zero attached hydrogens (tertiary/aromatic N) is 3. The summed E-state index contributed by atoms with van der Waals surface area (Å²) in [7, 11) is 1.27. The van der Waals surface area contributed by atoms with Gasteiger partial charge in [0.15, 0.2) is 5.92 Å². The topological polar surface area (TPSA) is 96.3 Å². The molecular weight excluding hydrogens is 430 g/mol. The highest BCUT2D eigenvalue weighted by atomic mass is 32.1. The number of urea groups is 1. The van der Waals surface area contributed by atoms with Crippen LogP contribution in [0, 0.1) is 12.8 Å². The smallest absolute Gasteiger partial charge is 0.350 e. The Bertz CT molecular complexity index is 1060. The van der Waals surface area contributed by atoms with Crippen LogP contribution in [0.5, 0.6) is 0 Å². The molecule has 0 aliphatic carbocycles. The van der Waals surface area contributed by atoms with Crippen LogP contribution >= 0.6 is 11.3 Å². The lowest BCUT2D eigenvalue weighted by Crippen LogP contribution is -2.62. The Hall–Kier alpha value is -3.33. The third-order valence-electron chi connectivity index (χ3n) is 5.12. The van der Waals surface area contributed by atoms with E-state index in [2.05, 4.69) is 4.99 Å². The fourth-order valence-electron chi connectivity index (χ4n) is 3.42. The van der Waals surface area contributed by atoms with Gasteiger partial charge in [0.25, 0.3) is 0 Å². The van der Waals surface area contributed by atoms with E-state index in [9.17, 15) is 19.2 Å². The van der Waals surface area contributed by atoms with Crippen molar-refractivity contribution in [1.29, 1.82) is 0 Å². The number of hydrogen-bond donors (Lipinski definition) is 0. The molecule has 3 rings (SSSR count). The Morgan fingerprint density at radius 3 is 2.50 bits per heavy atom. The summed E-state index contributed by atoms with van der Waals surface area (Å²) in [5.74, 6) is -3.04. The maximum absolute atomic E-state index is 13.1. The van der Waals surface area contributed by atoms with Gasteiger partial charge in [-0.2, -0.15) is 0 Å². The molecule has 1 saturated heterocycles. The van der Waals surface area contributed by atoms with Gasteiger partial charge in [0.2, 0.25) is 11.8 Å². The summed E-state index contributed by atoms with van der Waals surface area (Å²) in [4.78, 5) is 57.9. The van der Waals surface area contributed by atoms with Gasteiger partial charge in [-0.3, -0.25) is 24.4 Å². The van der Waals surface area contributed by atoms with Crippen LogP contribution in [0.4, 0.5) is 10.5 Å². The average Bonchev–Trinajstić information content (AvgIpc) is 3.13. The number of aliphatic imine (C=N–C) groups is 1. The van der Waals surface area contributed by atoms with Crippen molar-refractivity contribution in [3.05, 3.63) is 51.7 Å².